The molecule has 0 aromatic carbocycles. The lowest BCUT2D eigenvalue weighted by molar-refractivity contribution is -0.256. The third-order valence-electron chi connectivity index (χ3n) is 16.7. The van der Waals surface area contributed by atoms with E-state index in [1.54, 1.807) is 0 Å². The van der Waals surface area contributed by atoms with Crippen LogP contribution in [0.4, 0.5) is 0 Å². The van der Waals surface area contributed by atoms with Crippen molar-refractivity contribution >= 4 is 0 Å². The first kappa shape index (κ1) is 32.9. The van der Waals surface area contributed by atoms with E-state index in [0.717, 1.165) is 45.8 Å². The Kier molecular flexibility index (Phi) is 7.57. The van der Waals surface area contributed by atoms with Crippen LogP contribution in [0.15, 0.2) is 0 Å². The van der Waals surface area contributed by atoms with Crippen molar-refractivity contribution in [1.82, 2.24) is 10.2 Å². The number of hydrogen-bond acceptors (Lipinski definition) is 8. The first-order valence-electron chi connectivity index (χ1n) is 19.0. The molecule has 5 aliphatic carbocycles. The van der Waals surface area contributed by atoms with Crippen molar-refractivity contribution in [3.05, 3.63) is 0 Å². The van der Waals surface area contributed by atoms with Crippen LogP contribution in [-0.4, -0.2) is 103 Å². The van der Waals surface area contributed by atoms with Crippen molar-refractivity contribution in [2.24, 2.45) is 50.7 Å². The number of aliphatic hydroxyl groups excluding tert-OH is 1. The Bertz CT molecular complexity index is 1190. The van der Waals surface area contributed by atoms with Crippen molar-refractivity contribution in [3.8, 4) is 0 Å². The summed E-state index contributed by atoms with van der Waals surface area (Å²) < 4.78 is 25.6. The highest BCUT2D eigenvalue weighted by atomic mass is 16.7. The molecule has 8 heteroatoms. The summed E-state index contributed by atoms with van der Waals surface area (Å²) in [6, 6.07) is 0.353. The molecule has 8 nitrogen and oxygen atoms in total. The summed E-state index contributed by atoms with van der Waals surface area (Å²) in [5.41, 5.74) is -0.249. The number of hydrogen-bond donors (Lipinski definition) is 3. The van der Waals surface area contributed by atoms with Gasteiger partial charge in [-0.05, 0) is 118 Å². The summed E-state index contributed by atoms with van der Waals surface area (Å²) in [4.78, 5) is 2.51. The predicted molar refractivity (Wildman–Crippen MR) is 176 cm³/mol. The lowest BCUT2D eigenvalue weighted by Gasteiger charge is -2.64. The van der Waals surface area contributed by atoms with E-state index in [1.807, 2.05) is 20.9 Å². The molecule has 2 spiro atoms. The van der Waals surface area contributed by atoms with Gasteiger partial charge in [-0.2, -0.15) is 0 Å². The minimum Gasteiger partial charge on any atom is -0.390 e. The number of nitrogens with zero attached hydrogens (tertiary/aromatic N) is 1. The quantitative estimate of drug-likeness (QED) is 0.387. The van der Waals surface area contributed by atoms with E-state index in [2.05, 4.69) is 44.8 Å². The molecule has 0 aromatic heterocycles. The maximum absolute atomic E-state index is 12.6. The summed E-state index contributed by atoms with van der Waals surface area (Å²) in [7, 11) is 1.92. The fourth-order valence-electron chi connectivity index (χ4n) is 14.4. The number of fused-ring (bicyclic) bond motifs is 4. The third-order valence-corrected chi connectivity index (χ3v) is 16.7. The molecule has 5 saturated carbocycles. The number of nitrogens with one attached hydrogen (secondary N) is 1. The Morgan fingerprint density at radius 1 is 1.00 bits per heavy atom. The zero-order valence-electron chi connectivity index (χ0n) is 30.0. The molecule has 262 valence electrons. The van der Waals surface area contributed by atoms with Gasteiger partial charge in [0.25, 0.3) is 0 Å². The minimum atomic E-state index is -0.900. The summed E-state index contributed by atoms with van der Waals surface area (Å²) >= 11 is 0. The topological polar surface area (TPSA) is 92.7 Å². The molecule has 0 amide bonds. The van der Waals surface area contributed by atoms with E-state index in [9.17, 15) is 10.2 Å². The van der Waals surface area contributed by atoms with Gasteiger partial charge >= 0.3 is 0 Å². The second-order valence-electron chi connectivity index (χ2n) is 19.1. The van der Waals surface area contributed by atoms with Gasteiger partial charge in [0, 0.05) is 12.0 Å². The summed E-state index contributed by atoms with van der Waals surface area (Å²) in [6.07, 6.45) is 8.80. The molecule has 3 aliphatic heterocycles. The van der Waals surface area contributed by atoms with Crippen molar-refractivity contribution < 1.29 is 29.2 Å². The standard InChI is InChI=1S/C38H64N2O6/c1-22-17-24(31(39-8)34(4,5)42)45-30-29(22)35(6)13-14-38-21-37(38)12-11-27(46-28-18-40(15-16-44-28)23-19-43-20-23)33(2,3)25(37)9-10-26(38)36(35,7)32(30)41/h22-32,39,41-42H,9-21H2,1-8H3. The first-order valence-corrected chi connectivity index (χ1v) is 19.0. The monoisotopic (exact) mass is 644 g/mol. The average Bonchev–Trinajstić information content (AvgIpc) is 3.58. The van der Waals surface area contributed by atoms with Crippen molar-refractivity contribution in [2.75, 3.05) is 40.0 Å². The molecule has 3 N–H and O–H groups in total. The van der Waals surface area contributed by atoms with E-state index in [0.29, 0.717) is 40.5 Å². The van der Waals surface area contributed by atoms with Crippen molar-refractivity contribution in [3.63, 3.8) is 0 Å². The maximum Gasteiger partial charge on any atom is 0.170 e. The molecule has 8 fully saturated rings. The van der Waals surface area contributed by atoms with E-state index in [1.165, 1.54) is 38.5 Å². The fourth-order valence-corrected chi connectivity index (χ4v) is 14.4. The molecule has 8 aliphatic rings. The molecule has 0 radical (unpaired) electrons. The molecule has 0 bridgehead atoms. The van der Waals surface area contributed by atoms with Crippen LogP contribution in [0.25, 0.3) is 0 Å². The summed E-state index contributed by atoms with van der Waals surface area (Å²) in [5.74, 6) is 1.94. The van der Waals surface area contributed by atoms with Crippen LogP contribution < -0.4 is 5.32 Å². The third kappa shape index (κ3) is 4.20. The fraction of sp³-hybridized carbons (Fsp3) is 1.00. The van der Waals surface area contributed by atoms with E-state index in [4.69, 9.17) is 18.9 Å². The van der Waals surface area contributed by atoms with Gasteiger partial charge in [-0.1, -0.05) is 34.6 Å². The summed E-state index contributed by atoms with van der Waals surface area (Å²) in [5, 5.41) is 26.9. The lowest BCUT2D eigenvalue weighted by atomic mass is 9.41. The largest absolute Gasteiger partial charge is 0.390 e. The zero-order chi connectivity index (χ0) is 32.7. The number of likely N-dealkylation sites (N-methyl/N-ethyl adjacent to an activating group) is 1. The maximum atomic E-state index is 12.6. The van der Waals surface area contributed by atoms with Crippen molar-refractivity contribution in [2.45, 2.75) is 148 Å². The lowest BCUT2D eigenvalue weighted by Crippen LogP contribution is -2.60. The highest BCUT2D eigenvalue weighted by Gasteiger charge is 2.84. The van der Waals surface area contributed by atoms with Gasteiger partial charge in [0.15, 0.2) is 6.29 Å². The molecular weight excluding hydrogens is 580 g/mol. The molecule has 3 heterocycles. The predicted octanol–water partition coefficient (Wildman–Crippen LogP) is 4.60. The highest BCUT2D eigenvalue weighted by Crippen LogP contribution is 2.89. The molecule has 0 aromatic rings. The number of morpholine rings is 1. The molecule has 14 unspecified atom stereocenters. The van der Waals surface area contributed by atoms with Gasteiger partial charge in [0.2, 0.25) is 0 Å². The van der Waals surface area contributed by atoms with Crippen LogP contribution >= 0.6 is 0 Å². The Balaban J connectivity index is 1.03. The van der Waals surface area contributed by atoms with Crippen LogP contribution in [0.3, 0.4) is 0 Å². The average molecular weight is 645 g/mol. The Morgan fingerprint density at radius 2 is 1.72 bits per heavy atom. The van der Waals surface area contributed by atoms with Crippen LogP contribution in [0.1, 0.15) is 99.8 Å². The Morgan fingerprint density at radius 3 is 2.39 bits per heavy atom. The Hall–Kier alpha value is -0.320. The molecule has 46 heavy (non-hydrogen) atoms. The van der Waals surface area contributed by atoms with Gasteiger partial charge in [-0.3, -0.25) is 4.90 Å². The molecular formula is C38H64N2O6. The zero-order valence-corrected chi connectivity index (χ0v) is 30.0. The van der Waals surface area contributed by atoms with Gasteiger partial charge < -0.3 is 34.5 Å². The number of aliphatic hydroxyl groups is 2. The molecule has 3 saturated heterocycles. The van der Waals surface area contributed by atoms with Crippen molar-refractivity contribution in [1.29, 1.82) is 0 Å². The van der Waals surface area contributed by atoms with E-state index < -0.39 is 11.7 Å². The van der Waals surface area contributed by atoms with Crippen LogP contribution in [0, 0.1) is 50.7 Å². The minimum absolute atomic E-state index is 0.0450. The van der Waals surface area contributed by atoms with Crippen LogP contribution in [-0.2, 0) is 18.9 Å². The summed E-state index contributed by atoms with van der Waals surface area (Å²) in [6.45, 7) is 20.4. The smallest absolute Gasteiger partial charge is 0.170 e. The second kappa shape index (κ2) is 10.6. The second-order valence-corrected chi connectivity index (χ2v) is 19.1. The van der Waals surface area contributed by atoms with E-state index in [-0.39, 0.29) is 46.9 Å². The highest BCUT2D eigenvalue weighted by molar-refractivity contribution is 5.33. The first-order chi connectivity index (χ1) is 21.6. The SMILES string of the molecule is CNC(C1CC(C)C2C(O1)C(O)C1(C)C3CCC4C(C)(C)C(OC5CN(C6COC6)CCO5)CCC45CC35CCC21C)C(C)(C)O. The molecule has 14 atom stereocenters. The van der Waals surface area contributed by atoms with Crippen LogP contribution in [0.2, 0.25) is 0 Å². The normalized spacial score (nSPS) is 54.0. The number of rotatable bonds is 6. The van der Waals surface area contributed by atoms with Crippen LogP contribution in [0.5, 0.6) is 0 Å². The van der Waals surface area contributed by atoms with Gasteiger partial charge in [0.05, 0.1) is 68.5 Å². The Labute approximate surface area is 278 Å². The van der Waals surface area contributed by atoms with E-state index >= 15 is 0 Å². The van der Waals surface area contributed by atoms with Gasteiger partial charge in [-0.25, -0.2) is 0 Å². The number of ether oxygens (including phenoxy) is 4. The molecule has 8 rings (SSSR count). The van der Waals surface area contributed by atoms with Gasteiger partial charge in [-0.15, -0.1) is 0 Å². The van der Waals surface area contributed by atoms with Gasteiger partial charge in [0.1, 0.15) is 0 Å².